The van der Waals surface area contributed by atoms with Crippen molar-refractivity contribution >= 4 is 29.1 Å². The first-order valence-electron chi connectivity index (χ1n) is 7.28. The number of phenols is 1. The maximum atomic E-state index is 11.8. The highest BCUT2D eigenvalue weighted by atomic mass is 16.5. The zero-order valence-corrected chi connectivity index (χ0v) is 13.3. The van der Waals surface area contributed by atoms with Crippen LogP contribution in [0.1, 0.15) is 21.7 Å². The smallest absolute Gasteiger partial charge is 0.341 e. The van der Waals surface area contributed by atoms with Crippen LogP contribution in [0.2, 0.25) is 0 Å². The van der Waals surface area contributed by atoms with E-state index >= 15 is 0 Å². The Morgan fingerprint density at radius 1 is 1.08 bits per heavy atom. The van der Waals surface area contributed by atoms with E-state index in [0.29, 0.717) is 22.7 Å². The van der Waals surface area contributed by atoms with Crippen LogP contribution in [-0.4, -0.2) is 25.3 Å². The summed E-state index contributed by atoms with van der Waals surface area (Å²) < 4.78 is 15.9. The van der Waals surface area contributed by atoms with Crippen LogP contribution in [0.25, 0.3) is 23.1 Å². The van der Waals surface area contributed by atoms with Crippen molar-refractivity contribution in [2.75, 3.05) is 14.2 Å². The molecule has 1 aromatic heterocycles. The molecule has 5 nitrogen and oxygen atoms in total. The predicted octanol–water partition coefficient (Wildman–Crippen LogP) is 4.10. The minimum Gasteiger partial charge on any atom is -0.508 e. The van der Waals surface area contributed by atoms with Crippen molar-refractivity contribution in [2.45, 2.75) is 0 Å². The van der Waals surface area contributed by atoms with E-state index in [0.717, 1.165) is 10.9 Å². The van der Waals surface area contributed by atoms with Gasteiger partial charge >= 0.3 is 5.97 Å². The number of benzene rings is 2. The van der Waals surface area contributed by atoms with Gasteiger partial charge in [0.25, 0.3) is 0 Å². The van der Waals surface area contributed by atoms with Crippen LogP contribution in [0.15, 0.2) is 46.9 Å². The number of furan rings is 1. The van der Waals surface area contributed by atoms with E-state index in [-0.39, 0.29) is 5.75 Å². The van der Waals surface area contributed by atoms with Crippen LogP contribution < -0.4 is 4.74 Å². The van der Waals surface area contributed by atoms with E-state index in [1.807, 2.05) is 18.2 Å². The average Bonchev–Trinajstić information content (AvgIpc) is 3.02. The Kier molecular flexibility index (Phi) is 4.24. The molecule has 3 aromatic rings. The van der Waals surface area contributed by atoms with Crippen molar-refractivity contribution in [1.29, 1.82) is 0 Å². The molecule has 122 valence electrons. The average molecular weight is 324 g/mol. The van der Waals surface area contributed by atoms with Crippen molar-refractivity contribution in [2.24, 2.45) is 0 Å². The molecule has 3 rings (SSSR count). The summed E-state index contributed by atoms with van der Waals surface area (Å²) in [5, 5.41) is 10.1. The lowest BCUT2D eigenvalue weighted by molar-refractivity contribution is 0.0597. The van der Waals surface area contributed by atoms with Gasteiger partial charge < -0.3 is 19.0 Å². The zero-order valence-electron chi connectivity index (χ0n) is 13.3. The molecule has 0 aliphatic rings. The van der Waals surface area contributed by atoms with Gasteiger partial charge in [-0.25, -0.2) is 4.79 Å². The van der Waals surface area contributed by atoms with Crippen molar-refractivity contribution in [1.82, 2.24) is 0 Å². The SMILES string of the molecule is COC(=O)c1ccc2cc(/C=C/c3ccc(O)cc3)oc2c1OC. The summed E-state index contributed by atoms with van der Waals surface area (Å²) in [6, 6.07) is 12.1. The Labute approximate surface area is 138 Å². The summed E-state index contributed by atoms with van der Waals surface area (Å²) in [5.41, 5.74) is 1.73. The fourth-order valence-corrected chi connectivity index (χ4v) is 2.42. The molecule has 2 aromatic carbocycles. The number of hydrogen-bond acceptors (Lipinski definition) is 5. The molecule has 0 saturated heterocycles. The molecule has 0 amide bonds. The summed E-state index contributed by atoms with van der Waals surface area (Å²) in [4.78, 5) is 11.8. The Morgan fingerprint density at radius 3 is 2.50 bits per heavy atom. The number of phenolic OH excluding ortho intramolecular Hbond substituents is 1. The number of carbonyl (C=O) groups excluding carboxylic acids is 1. The van der Waals surface area contributed by atoms with Crippen LogP contribution in [0.4, 0.5) is 0 Å². The minimum atomic E-state index is -0.480. The molecule has 1 heterocycles. The zero-order chi connectivity index (χ0) is 17.1. The van der Waals surface area contributed by atoms with Gasteiger partial charge in [0, 0.05) is 5.39 Å². The molecule has 0 bridgehead atoms. The van der Waals surface area contributed by atoms with Crippen molar-refractivity contribution in [3.8, 4) is 11.5 Å². The van der Waals surface area contributed by atoms with Crippen LogP contribution >= 0.6 is 0 Å². The van der Waals surface area contributed by atoms with Crippen LogP contribution in [0, 0.1) is 0 Å². The Morgan fingerprint density at radius 2 is 1.83 bits per heavy atom. The number of fused-ring (bicyclic) bond motifs is 1. The number of ether oxygens (including phenoxy) is 2. The molecule has 0 unspecified atom stereocenters. The molecule has 0 saturated carbocycles. The summed E-state index contributed by atoms with van der Waals surface area (Å²) in [5.74, 6) is 0.712. The second-order valence-electron chi connectivity index (χ2n) is 5.13. The highest BCUT2D eigenvalue weighted by Crippen LogP contribution is 2.33. The molecule has 5 heteroatoms. The lowest BCUT2D eigenvalue weighted by Crippen LogP contribution is -2.03. The number of methoxy groups -OCH3 is 2. The number of esters is 1. The van der Waals surface area contributed by atoms with E-state index < -0.39 is 5.97 Å². The van der Waals surface area contributed by atoms with Gasteiger partial charge in [0.2, 0.25) is 0 Å². The van der Waals surface area contributed by atoms with E-state index in [1.165, 1.54) is 14.2 Å². The van der Waals surface area contributed by atoms with Gasteiger partial charge in [-0.3, -0.25) is 0 Å². The third-order valence-electron chi connectivity index (χ3n) is 3.60. The van der Waals surface area contributed by atoms with Crippen LogP contribution in [0.3, 0.4) is 0 Å². The largest absolute Gasteiger partial charge is 0.508 e. The van der Waals surface area contributed by atoms with Crippen molar-refractivity contribution < 1.29 is 23.8 Å². The number of carbonyl (C=O) groups is 1. The van der Waals surface area contributed by atoms with Crippen LogP contribution in [-0.2, 0) is 4.74 Å². The Bertz CT molecular complexity index is 903. The topological polar surface area (TPSA) is 68.9 Å². The molecule has 0 atom stereocenters. The maximum Gasteiger partial charge on any atom is 0.341 e. The van der Waals surface area contributed by atoms with Gasteiger partial charge in [-0.15, -0.1) is 0 Å². The van der Waals surface area contributed by atoms with E-state index in [9.17, 15) is 9.90 Å². The summed E-state index contributed by atoms with van der Waals surface area (Å²) in [6.07, 6.45) is 3.68. The Hall–Kier alpha value is -3.21. The molecule has 0 radical (unpaired) electrons. The molecule has 1 N–H and O–H groups in total. The third kappa shape index (κ3) is 2.96. The third-order valence-corrected chi connectivity index (χ3v) is 3.60. The molecule has 0 spiro atoms. The normalized spacial score (nSPS) is 11.1. The Balaban J connectivity index is 1.99. The van der Waals surface area contributed by atoms with Gasteiger partial charge in [-0.05, 0) is 42.0 Å². The molecule has 0 fully saturated rings. The van der Waals surface area contributed by atoms with Gasteiger partial charge in [0.05, 0.1) is 14.2 Å². The van der Waals surface area contributed by atoms with Gasteiger partial charge in [-0.2, -0.15) is 0 Å². The molecule has 0 aliphatic heterocycles. The summed E-state index contributed by atoms with van der Waals surface area (Å²) in [7, 11) is 2.80. The van der Waals surface area contributed by atoms with Crippen LogP contribution in [0.5, 0.6) is 11.5 Å². The molecular formula is C19H16O5. The molecule has 24 heavy (non-hydrogen) atoms. The second kappa shape index (κ2) is 6.50. The number of rotatable bonds is 4. The maximum absolute atomic E-state index is 11.8. The summed E-state index contributed by atoms with van der Waals surface area (Å²) in [6.45, 7) is 0. The van der Waals surface area contributed by atoms with Gasteiger partial charge in [-0.1, -0.05) is 18.2 Å². The quantitative estimate of drug-likeness (QED) is 0.732. The van der Waals surface area contributed by atoms with Gasteiger partial charge in [0.15, 0.2) is 11.3 Å². The number of aromatic hydroxyl groups is 1. The first-order chi connectivity index (χ1) is 11.6. The van der Waals surface area contributed by atoms with Gasteiger partial charge in [0.1, 0.15) is 17.1 Å². The van der Waals surface area contributed by atoms with E-state index in [2.05, 4.69) is 0 Å². The second-order valence-corrected chi connectivity index (χ2v) is 5.13. The first-order valence-corrected chi connectivity index (χ1v) is 7.28. The highest BCUT2D eigenvalue weighted by molar-refractivity contribution is 6.00. The van der Waals surface area contributed by atoms with Crippen molar-refractivity contribution in [3.05, 3.63) is 59.4 Å². The fraction of sp³-hybridized carbons (Fsp3) is 0.105. The lowest BCUT2D eigenvalue weighted by atomic mass is 10.1. The fourth-order valence-electron chi connectivity index (χ4n) is 2.42. The van der Waals surface area contributed by atoms with E-state index in [4.69, 9.17) is 13.9 Å². The highest BCUT2D eigenvalue weighted by Gasteiger charge is 2.18. The lowest BCUT2D eigenvalue weighted by Gasteiger charge is -2.06. The first kappa shape index (κ1) is 15.7. The number of hydrogen-bond donors (Lipinski definition) is 1. The molecule has 0 aliphatic carbocycles. The monoisotopic (exact) mass is 324 g/mol. The summed E-state index contributed by atoms with van der Waals surface area (Å²) >= 11 is 0. The molecular weight excluding hydrogens is 308 g/mol. The standard InChI is InChI=1S/C19H16O5/c1-22-18-16(19(21)23-2)10-6-13-11-15(24-17(13)18)9-5-12-3-7-14(20)8-4-12/h3-11,20H,1-2H3/b9-5+. The van der Waals surface area contributed by atoms with E-state index in [1.54, 1.807) is 36.4 Å². The van der Waals surface area contributed by atoms with Crippen molar-refractivity contribution in [3.63, 3.8) is 0 Å². The predicted molar refractivity (Wildman–Crippen MR) is 91.1 cm³/mol. The minimum absolute atomic E-state index is 0.218.